The van der Waals surface area contributed by atoms with E-state index < -0.39 is 0 Å². The summed E-state index contributed by atoms with van der Waals surface area (Å²) in [7, 11) is 0. The summed E-state index contributed by atoms with van der Waals surface area (Å²) >= 11 is 12.5. The molecule has 1 aliphatic heterocycles. The molecule has 1 N–H and O–H groups in total. The number of quaternary nitrogens is 1. The summed E-state index contributed by atoms with van der Waals surface area (Å²) in [5, 5.41) is 1.43. The van der Waals surface area contributed by atoms with Crippen molar-refractivity contribution in [1.29, 1.82) is 0 Å². The number of rotatable bonds is 3. The van der Waals surface area contributed by atoms with Crippen molar-refractivity contribution in [2.45, 2.75) is 6.54 Å². The highest BCUT2D eigenvalue weighted by Crippen LogP contribution is 2.23. The van der Waals surface area contributed by atoms with Crippen LogP contribution in [-0.2, 0) is 6.54 Å². The Bertz CT molecular complexity index is 662. The van der Waals surface area contributed by atoms with E-state index in [0.29, 0.717) is 10.0 Å². The molecule has 0 saturated carbocycles. The smallest absolute Gasteiger partial charge is 0.254 e. The molecule has 1 saturated heterocycles. The standard InChI is InChI=1S/C18H18Cl2N2O/c19-16-7-4-8-17(20)15(16)13-21-9-11-22(12-10-21)18(23)14-5-2-1-3-6-14/h1-8H,9-13H2/p+1. The van der Waals surface area contributed by atoms with E-state index in [1.807, 2.05) is 53.4 Å². The molecule has 0 aliphatic carbocycles. The lowest BCUT2D eigenvalue weighted by Gasteiger charge is -2.32. The first kappa shape index (κ1) is 16.3. The maximum atomic E-state index is 12.4. The van der Waals surface area contributed by atoms with Gasteiger partial charge in [0.1, 0.15) is 6.54 Å². The lowest BCUT2D eigenvalue weighted by molar-refractivity contribution is -0.917. The summed E-state index contributed by atoms with van der Waals surface area (Å²) < 4.78 is 0. The second-order valence-corrected chi connectivity index (χ2v) is 6.60. The van der Waals surface area contributed by atoms with Crippen LogP contribution >= 0.6 is 23.2 Å². The van der Waals surface area contributed by atoms with Gasteiger partial charge in [-0.1, -0.05) is 47.5 Å². The zero-order chi connectivity index (χ0) is 16.2. The Morgan fingerprint density at radius 2 is 1.57 bits per heavy atom. The van der Waals surface area contributed by atoms with Crippen LogP contribution in [0.2, 0.25) is 10.0 Å². The minimum atomic E-state index is 0.112. The molecular weight excluding hydrogens is 331 g/mol. The first-order valence-electron chi connectivity index (χ1n) is 7.76. The summed E-state index contributed by atoms with van der Waals surface area (Å²) in [6.07, 6.45) is 0. The molecule has 23 heavy (non-hydrogen) atoms. The second kappa shape index (κ2) is 7.35. The summed E-state index contributed by atoms with van der Waals surface area (Å²) in [6.45, 7) is 4.11. The van der Waals surface area contributed by atoms with Gasteiger partial charge in [0.15, 0.2) is 0 Å². The van der Waals surface area contributed by atoms with Gasteiger partial charge in [0.05, 0.1) is 36.2 Å². The molecule has 0 radical (unpaired) electrons. The lowest BCUT2D eigenvalue weighted by atomic mass is 10.1. The van der Waals surface area contributed by atoms with Gasteiger partial charge in [-0.05, 0) is 24.3 Å². The van der Waals surface area contributed by atoms with Crippen molar-refractivity contribution < 1.29 is 9.69 Å². The number of nitrogens with one attached hydrogen (secondary N) is 1. The molecule has 0 atom stereocenters. The number of halogens is 2. The summed E-state index contributed by atoms with van der Waals surface area (Å²) in [5.74, 6) is 0.112. The van der Waals surface area contributed by atoms with E-state index in [1.54, 1.807) is 0 Å². The fourth-order valence-electron chi connectivity index (χ4n) is 2.92. The van der Waals surface area contributed by atoms with Gasteiger partial charge >= 0.3 is 0 Å². The Kier molecular flexibility index (Phi) is 5.21. The molecule has 0 bridgehead atoms. The van der Waals surface area contributed by atoms with E-state index in [-0.39, 0.29) is 5.91 Å². The predicted molar refractivity (Wildman–Crippen MR) is 93.2 cm³/mol. The number of nitrogens with zero attached hydrogens (tertiary/aromatic N) is 1. The summed E-state index contributed by atoms with van der Waals surface area (Å²) in [4.78, 5) is 15.8. The van der Waals surface area contributed by atoms with E-state index in [4.69, 9.17) is 23.2 Å². The maximum absolute atomic E-state index is 12.4. The number of carbonyl (C=O) groups is 1. The van der Waals surface area contributed by atoms with Crippen molar-refractivity contribution in [3.05, 3.63) is 69.7 Å². The van der Waals surface area contributed by atoms with Gasteiger partial charge in [-0.2, -0.15) is 0 Å². The first-order valence-corrected chi connectivity index (χ1v) is 8.51. The molecule has 3 nitrogen and oxygen atoms in total. The third kappa shape index (κ3) is 3.86. The van der Waals surface area contributed by atoms with Gasteiger partial charge in [-0.25, -0.2) is 0 Å². The highest BCUT2D eigenvalue weighted by Gasteiger charge is 2.25. The topological polar surface area (TPSA) is 24.8 Å². The summed E-state index contributed by atoms with van der Waals surface area (Å²) in [5.41, 5.74) is 1.75. The molecule has 2 aromatic rings. The monoisotopic (exact) mass is 349 g/mol. The molecule has 0 unspecified atom stereocenters. The highest BCUT2D eigenvalue weighted by atomic mass is 35.5. The van der Waals surface area contributed by atoms with Crippen molar-refractivity contribution >= 4 is 29.1 Å². The Morgan fingerprint density at radius 1 is 0.957 bits per heavy atom. The largest absolute Gasteiger partial charge is 0.328 e. The van der Waals surface area contributed by atoms with Crippen LogP contribution in [0.15, 0.2) is 48.5 Å². The lowest BCUT2D eigenvalue weighted by Crippen LogP contribution is -3.13. The number of amides is 1. The first-order chi connectivity index (χ1) is 11.1. The van der Waals surface area contributed by atoms with Crippen molar-refractivity contribution in [3.63, 3.8) is 0 Å². The Balaban J connectivity index is 1.60. The van der Waals surface area contributed by atoms with Gasteiger partial charge in [0.2, 0.25) is 0 Å². The predicted octanol–water partition coefficient (Wildman–Crippen LogP) is 2.53. The summed E-state index contributed by atoms with van der Waals surface area (Å²) in [6, 6.07) is 15.1. The van der Waals surface area contributed by atoms with E-state index in [9.17, 15) is 4.79 Å². The van der Waals surface area contributed by atoms with Crippen molar-refractivity contribution in [2.24, 2.45) is 0 Å². The van der Waals surface area contributed by atoms with Gasteiger partial charge in [-0.3, -0.25) is 4.79 Å². The van der Waals surface area contributed by atoms with E-state index in [1.165, 1.54) is 4.90 Å². The average Bonchev–Trinajstić information content (AvgIpc) is 2.59. The van der Waals surface area contributed by atoms with Crippen molar-refractivity contribution in [2.75, 3.05) is 26.2 Å². The zero-order valence-corrected chi connectivity index (χ0v) is 14.3. The van der Waals surface area contributed by atoms with Gasteiger partial charge in [0.25, 0.3) is 5.91 Å². The molecule has 3 rings (SSSR count). The minimum Gasteiger partial charge on any atom is -0.328 e. The fourth-order valence-corrected chi connectivity index (χ4v) is 3.45. The van der Waals surface area contributed by atoms with Crippen LogP contribution in [0.25, 0.3) is 0 Å². The number of piperazine rings is 1. The third-order valence-electron chi connectivity index (χ3n) is 4.27. The molecule has 1 aliphatic rings. The second-order valence-electron chi connectivity index (χ2n) is 5.79. The van der Waals surface area contributed by atoms with Crippen LogP contribution in [0.1, 0.15) is 15.9 Å². The Morgan fingerprint density at radius 3 is 2.17 bits per heavy atom. The van der Waals surface area contributed by atoms with E-state index in [2.05, 4.69) is 0 Å². The van der Waals surface area contributed by atoms with Gasteiger partial charge < -0.3 is 9.80 Å². The molecule has 120 valence electrons. The number of hydrogen-bond donors (Lipinski definition) is 1. The van der Waals surface area contributed by atoms with Crippen LogP contribution in [0.4, 0.5) is 0 Å². The SMILES string of the molecule is O=C(c1ccccc1)N1CC[NH+](Cc2c(Cl)cccc2Cl)CC1. The molecule has 1 fully saturated rings. The molecule has 1 heterocycles. The van der Waals surface area contributed by atoms with Crippen LogP contribution in [0.3, 0.4) is 0 Å². The Hall–Kier alpha value is -1.55. The van der Waals surface area contributed by atoms with E-state index in [0.717, 1.165) is 43.9 Å². The quantitative estimate of drug-likeness (QED) is 0.904. The molecule has 5 heteroatoms. The van der Waals surface area contributed by atoms with E-state index >= 15 is 0 Å². The normalized spacial score (nSPS) is 15.7. The molecule has 1 amide bonds. The van der Waals surface area contributed by atoms with Crippen molar-refractivity contribution in [3.8, 4) is 0 Å². The van der Waals surface area contributed by atoms with Gasteiger partial charge in [-0.15, -0.1) is 0 Å². The molecule has 2 aromatic carbocycles. The third-order valence-corrected chi connectivity index (χ3v) is 4.98. The molecule has 0 spiro atoms. The molecular formula is C18H19Cl2N2O+. The van der Waals surface area contributed by atoms with Crippen LogP contribution in [0, 0.1) is 0 Å². The zero-order valence-electron chi connectivity index (χ0n) is 12.8. The fraction of sp³-hybridized carbons (Fsp3) is 0.278. The van der Waals surface area contributed by atoms with Crippen LogP contribution < -0.4 is 4.90 Å². The van der Waals surface area contributed by atoms with Crippen molar-refractivity contribution in [1.82, 2.24) is 4.90 Å². The number of benzene rings is 2. The van der Waals surface area contributed by atoms with Crippen LogP contribution in [0.5, 0.6) is 0 Å². The average molecular weight is 350 g/mol. The maximum Gasteiger partial charge on any atom is 0.254 e. The van der Waals surface area contributed by atoms with Gasteiger partial charge in [0, 0.05) is 11.1 Å². The number of hydrogen-bond acceptors (Lipinski definition) is 1. The Labute approximate surface area is 146 Å². The number of carbonyl (C=O) groups excluding carboxylic acids is 1. The minimum absolute atomic E-state index is 0.112. The highest BCUT2D eigenvalue weighted by molar-refractivity contribution is 6.35. The molecule has 0 aromatic heterocycles. The van der Waals surface area contributed by atoms with Crippen LogP contribution in [-0.4, -0.2) is 37.0 Å².